The molecule has 110 valence electrons. The molecule has 0 aromatic heterocycles. The van der Waals surface area contributed by atoms with Gasteiger partial charge in [-0.2, -0.15) is 0 Å². The zero-order chi connectivity index (χ0) is 15.2. The number of halogens is 2. The Hall–Kier alpha value is -1.55. The van der Waals surface area contributed by atoms with E-state index in [1.54, 1.807) is 23.1 Å². The number of benzene rings is 2. The third-order valence-corrected chi connectivity index (χ3v) is 3.78. The number of aliphatic hydroxyl groups is 1. The van der Waals surface area contributed by atoms with Crippen molar-refractivity contribution in [2.75, 3.05) is 13.2 Å². The van der Waals surface area contributed by atoms with Crippen LogP contribution in [-0.2, 0) is 6.54 Å². The highest BCUT2D eigenvalue weighted by Crippen LogP contribution is 2.23. The van der Waals surface area contributed by atoms with Gasteiger partial charge in [0.15, 0.2) is 0 Å². The molecule has 0 saturated heterocycles. The van der Waals surface area contributed by atoms with Gasteiger partial charge >= 0.3 is 0 Å². The summed E-state index contributed by atoms with van der Waals surface area (Å²) in [4.78, 5) is 14.1. The van der Waals surface area contributed by atoms with Crippen molar-refractivity contribution in [3.05, 3.63) is 69.7 Å². The Morgan fingerprint density at radius 2 is 1.76 bits per heavy atom. The zero-order valence-corrected chi connectivity index (χ0v) is 12.8. The molecule has 0 heterocycles. The van der Waals surface area contributed by atoms with Crippen LogP contribution in [-0.4, -0.2) is 29.1 Å². The molecule has 0 bridgehead atoms. The molecule has 2 aromatic rings. The van der Waals surface area contributed by atoms with Crippen LogP contribution in [0.5, 0.6) is 0 Å². The first kappa shape index (κ1) is 15.8. The summed E-state index contributed by atoms with van der Waals surface area (Å²) in [6.45, 7) is 0.592. The van der Waals surface area contributed by atoms with E-state index in [4.69, 9.17) is 28.3 Å². The van der Waals surface area contributed by atoms with E-state index in [1.807, 2.05) is 30.3 Å². The molecule has 21 heavy (non-hydrogen) atoms. The SMILES string of the molecule is O=C(c1ccc(Cl)c(Cl)c1)N(CCO)Cc1ccccc1. The topological polar surface area (TPSA) is 40.5 Å². The number of hydrogen-bond donors (Lipinski definition) is 1. The maximum Gasteiger partial charge on any atom is 0.254 e. The van der Waals surface area contributed by atoms with Crippen molar-refractivity contribution in [3.8, 4) is 0 Å². The van der Waals surface area contributed by atoms with E-state index in [2.05, 4.69) is 0 Å². The summed E-state index contributed by atoms with van der Waals surface area (Å²) in [6.07, 6.45) is 0. The Morgan fingerprint density at radius 3 is 2.38 bits per heavy atom. The summed E-state index contributed by atoms with van der Waals surface area (Å²) in [5.74, 6) is -0.188. The monoisotopic (exact) mass is 323 g/mol. The summed E-state index contributed by atoms with van der Waals surface area (Å²) in [5.41, 5.74) is 1.45. The minimum Gasteiger partial charge on any atom is -0.395 e. The number of hydrogen-bond acceptors (Lipinski definition) is 2. The molecule has 0 atom stereocenters. The Morgan fingerprint density at radius 1 is 1.05 bits per heavy atom. The van der Waals surface area contributed by atoms with Gasteiger partial charge in [0.1, 0.15) is 0 Å². The lowest BCUT2D eigenvalue weighted by Crippen LogP contribution is -2.33. The predicted molar refractivity (Wildman–Crippen MR) is 84.7 cm³/mol. The molecule has 0 fully saturated rings. The number of nitrogens with zero attached hydrogens (tertiary/aromatic N) is 1. The van der Waals surface area contributed by atoms with Crippen molar-refractivity contribution in [2.24, 2.45) is 0 Å². The Labute approximate surface area is 133 Å². The van der Waals surface area contributed by atoms with Gasteiger partial charge < -0.3 is 10.0 Å². The number of rotatable bonds is 5. The smallest absolute Gasteiger partial charge is 0.254 e. The molecule has 0 spiro atoms. The van der Waals surface area contributed by atoms with Gasteiger partial charge in [0.2, 0.25) is 0 Å². The Kier molecular flexibility index (Phi) is 5.62. The van der Waals surface area contributed by atoms with Crippen molar-refractivity contribution in [1.29, 1.82) is 0 Å². The highest BCUT2D eigenvalue weighted by Gasteiger charge is 2.16. The summed E-state index contributed by atoms with van der Waals surface area (Å²) in [5, 5.41) is 9.91. The van der Waals surface area contributed by atoms with Gasteiger partial charge in [-0.3, -0.25) is 4.79 Å². The van der Waals surface area contributed by atoms with E-state index in [0.717, 1.165) is 5.56 Å². The molecule has 0 aliphatic carbocycles. The van der Waals surface area contributed by atoms with E-state index in [9.17, 15) is 4.79 Å². The first-order valence-corrected chi connectivity index (χ1v) is 7.26. The largest absolute Gasteiger partial charge is 0.395 e. The second kappa shape index (κ2) is 7.46. The van der Waals surface area contributed by atoms with Crippen molar-refractivity contribution < 1.29 is 9.90 Å². The van der Waals surface area contributed by atoms with Crippen LogP contribution >= 0.6 is 23.2 Å². The van der Waals surface area contributed by atoms with Crippen LogP contribution in [0, 0.1) is 0 Å². The van der Waals surface area contributed by atoms with Crippen LogP contribution in [0.15, 0.2) is 48.5 Å². The van der Waals surface area contributed by atoms with Crippen molar-refractivity contribution in [3.63, 3.8) is 0 Å². The van der Waals surface area contributed by atoms with E-state index >= 15 is 0 Å². The first-order chi connectivity index (χ1) is 10.1. The van der Waals surface area contributed by atoms with Crippen molar-refractivity contribution in [2.45, 2.75) is 6.54 Å². The second-order valence-electron chi connectivity index (χ2n) is 4.56. The fourth-order valence-corrected chi connectivity index (χ4v) is 2.29. The summed E-state index contributed by atoms with van der Waals surface area (Å²) in [7, 11) is 0. The van der Waals surface area contributed by atoms with Crippen molar-refractivity contribution in [1.82, 2.24) is 4.90 Å². The van der Waals surface area contributed by atoms with Crippen LogP contribution in [0.25, 0.3) is 0 Å². The minimum atomic E-state index is -0.188. The number of amides is 1. The van der Waals surface area contributed by atoms with Crippen LogP contribution in [0.1, 0.15) is 15.9 Å². The van der Waals surface area contributed by atoms with Gasteiger partial charge in [-0.1, -0.05) is 53.5 Å². The average molecular weight is 324 g/mol. The van der Waals surface area contributed by atoms with E-state index in [-0.39, 0.29) is 19.1 Å². The summed E-state index contributed by atoms with van der Waals surface area (Å²) >= 11 is 11.8. The summed E-state index contributed by atoms with van der Waals surface area (Å²) in [6, 6.07) is 14.4. The fraction of sp³-hybridized carbons (Fsp3) is 0.188. The molecule has 0 unspecified atom stereocenters. The Balaban J connectivity index is 2.20. The van der Waals surface area contributed by atoms with Gasteiger partial charge in [-0.05, 0) is 23.8 Å². The van der Waals surface area contributed by atoms with Crippen molar-refractivity contribution >= 4 is 29.1 Å². The highest BCUT2D eigenvalue weighted by atomic mass is 35.5. The average Bonchev–Trinajstić information content (AvgIpc) is 2.50. The fourth-order valence-electron chi connectivity index (χ4n) is 1.99. The maximum atomic E-state index is 12.5. The molecule has 1 amide bonds. The highest BCUT2D eigenvalue weighted by molar-refractivity contribution is 6.42. The molecule has 3 nitrogen and oxygen atoms in total. The normalized spacial score (nSPS) is 10.4. The standard InChI is InChI=1S/C16H15Cl2NO2/c17-14-7-6-13(10-15(14)18)16(21)19(8-9-20)11-12-4-2-1-3-5-12/h1-7,10,20H,8-9,11H2. The third-order valence-electron chi connectivity index (χ3n) is 3.04. The lowest BCUT2D eigenvalue weighted by atomic mass is 10.1. The lowest BCUT2D eigenvalue weighted by molar-refractivity contribution is 0.0708. The molecule has 0 saturated carbocycles. The van der Waals surface area contributed by atoms with Gasteiger partial charge in [0.25, 0.3) is 5.91 Å². The van der Waals surface area contributed by atoms with Gasteiger partial charge in [-0.25, -0.2) is 0 Å². The van der Waals surface area contributed by atoms with Crippen LogP contribution in [0.4, 0.5) is 0 Å². The molecule has 2 aromatic carbocycles. The van der Waals surface area contributed by atoms with Crippen LogP contribution < -0.4 is 0 Å². The van der Waals surface area contributed by atoms with E-state index in [0.29, 0.717) is 22.2 Å². The first-order valence-electron chi connectivity index (χ1n) is 6.51. The zero-order valence-electron chi connectivity index (χ0n) is 11.3. The van der Waals surface area contributed by atoms with Gasteiger partial charge in [0.05, 0.1) is 16.7 Å². The molecular formula is C16H15Cl2NO2. The number of aliphatic hydroxyl groups excluding tert-OH is 1. The molecule has 1 N–H and O–H groups in total. The van der Waals surface area contributed by atoms with Crippen LogP contribution in [0.2, 0.25) is 10.0 Å². The second-order valence-corrected chi connectivity index (χ2v) is 5.38. The number of carbonyl (C=O) groups is 1. The molecule has 0 aliphatic rings. The molecular weight excluding hydrogens is 309 g/mol. The Bertz CT molecular complexity index is 617. The summed E-state index contributed by atoms with van der Waals surface area (Å²) < 4.78 is 0. The van der Waals surface area contributed by atoms with E-state index in [1.165, 1.54) is 0 Å². The maximum absolute atomic E-state index is 12.5. The predicted octanol–water partition coefficient (Wildman–Crippen LogP) is 3.63. The minimum absolute atomic E-state index is 0.0973. The molecule has 0 aliphatic heterocycles. The molecule has 5 heteroatoms. The van der Waals surface area contributed by atoms with E-state index < -0.39 is 0 Å². The van der Waals surface area contributed by atoms with Gasteiger partial charge in [-0.15, -0.1) is 0 Å². The molecule has 0 radical (unpaired) electrons. The third kappa shape index (κ3) is 4.21. The van der Waals surface area contributed by atoms with Crippen LogP contribution in [0.3, 0.4) is 0 Å². The quantitative estimate of drug-likeness (QED) is 0.912. The van der Waals surface area contributed by atoms with Gasteiger partial charge in [0, 0.05) is 18.7 Å². The number of carbonyl (C=O) groups excluding carboxylic acids is 1. The lowest BCUT2D eigenvalue weighted by Gasteiger charge is -2.22. The molecule has 2 rings (SSSR count).